The molecule has 1 aromatic heterocycles. The van der Waals surface area contributed by atoms with E-state index in [1.807, 2.05) is 49.7 Å². The van der Waals surface area contributed by atoms with E-state index in [9.17, 15) is 4.79 Å². The third-order valence-corrected chi connectivity index (χ3v) is 5.49. The Morgan fingerprint density at radius 1 is 1.06 bits per heavy atom. The Balaban J connectivity index is 1.92. The Kier molecular flexibility index (Phi) is 7.71. The summed E-state index contributed by atoms with van der Waals surface area (Å²) >= 11 is 0. The van der Waals surface area contributed by atoms with Crippen molar-refractivity contribution in [3.05, 3.63) is 70.5 Å². The smallest absolute Gasteiger partial charge is 0.258 e. The predicted molar refractivity (Wildman–Crippen MR) is 130 cm³/mol. The number of hydrogen-bond acceptors (Lipinski definition) is 5. The van der Waals surface area contributed by atoms with Crippen LogP contribution in [-0.4, -0.2) is 35.9 Å². The van der Waals surface area contributed by atoms with Gasteiger partial charge in [0.25, 0.3) is 5.91 Å². The standard InChI is InChI=1S/C25H31N5O3/c1-7-30-18(4)21(17(3)29-30)15-26-25(28-24(31)20-11-9-8-10-16(20)2)27-19-12-13-22(32-5)23(14-19)33-6/h8-14H,7,15H2,1-6H3,(H2,26,27,28,31). The zero-order valence-corrected chi connectivity index (χ0v) is 20.0. The minimum absolute atomic E-state index is 0.238. The maximum atomic E-state index is 13.0. The van der Waals surface area contributed by atoms with Gasteiger partial charge in [0.05, 0.1) is 26.5 Å². The molecule has 0 saturated heterocycles. The van der Waals surface area contributed by atoms with Gasteiger partial charge in [-0.15, -0.1) is 0 Å². The first kappa shape index (κ1) is 23.8. The van der Waals surface area contributed by atoms with E-state index in [1.165, 1.54) is 0 Å². The zero-order valence-electron chi connectivity index (χ0n) is 20.0. The number of benzene rings is 2. The molecule has 0 saturated carbocycles. The fourth-order valence-electron chi connectivity index (χ4n) is 3.59. The lowest BCUT2D eigenvalue weighted by molar-refractivity contribution is 0.0976. The highest BCUT2D eigenvalue weighted by Gasteiger charge is 2.15. The molecular formula is C25H31N5O3. The minimum atomic E-state index is -0.238. The summed E-state index contributed by atoms with van der Waals surface area (Å²) in [5.74, 6) is 1.28. The average Bonchev–Trinajstić information content (AvgIpc) is 3.09. The molecule has 1 amide bonds. The molecule has 0 aliphatic heterocycles. The number of amides is 1. The molecule has 0 spiro atoms. The highest BCUT2D eigenvalue weighted by molar-refractivity contribution is 6.10. The maximum Gasteiger partial charge on any atom is 0.258 e. The van der Waals surface area contributed by atoms with E-state index >= 15 is 0 Å². The SMILES string of the molecule is CCn1nc(C)c(CN=C(NC(=O)c2ccccc2C)Nc2ccc(OC)c(OC)c2)c1C. The number of anilines is 1. The van der Waals surface area contributed by atoms with Crippen molar-refractivity contribution in [1.29, 1.82) is 0 Å². The first-order chi connectivity index (χ1) is 15.9. The van der Waals surface area contributed by atoms with Crippen molar-refractivity contribution in [3.8, 4) is 11.5 Å². The van der Waals surface area contributed by atoms with Gasteiger partial charge in [0, 0.05) is 35.1 Å². The zero-order chi connectivity index (χ0) is 24.0. The maximum absolute atomic E-state index is 13.0. The number of hydrogen-bond donors (Lipinski definition) is 2. The van der Waals surface area contributed by atoms with Gasteiger partial charge in [-0.05, 0) is 51.5 Å². The third kappa shape index (κ3) is 5.52. The Bertz CT molecular complexity index is 1170. The van der Waals surface area contributed by atoms with Crippen molar-refractivity contribution in [2.75, 3.05) is 19.5 Å². The molecule has 2 aromatic carbocycles. The number of rotatable bonds is 7. The Morgan fingerprint density at radius 3 is 2.42 bits per heavy atom. The number of ether oxygens (including phenoxy) is 2. The molecule has 0 fully saturated rings. The second-order valence-electron chi connectivity index (χ2n) is 7.59. The summed E-state index contributed by atoms with van der Waals surface area (Å²) < 4.78 is 12.7. The number of nitrogens with one attached hydrogen (secondary N) is 2. The Hall–Kier alpha value is -3.81. The lowest BCUT2D eigenvalue weighted by atomic mass is 10.1. The third-order valence-electron chi connectivity index (χ3n) is 5.49. The number of guanidine groups is 1. The van der Waals surface area contributed by atoms with Crippen LogP contribution >= 0.6 is 0 Å². The summed E-state index contributed by atoms with van der Waals surface area (Å²) in [6, 6.07) is 12.9. The van der Waals surface area contributed by atoms with Crippen LogP contribution in [0.25, 0.3) is 0 Å². The molecule has 0 aliphatic carbocycles. The number of carbonyl (C=O) groups excluding carboxylic acids is 1. The van der Waals surface area contributed by atoms with Crippen LogP contribution in [-0.2, 0) is 13.1 Å². The number of aromatic nitrogens is 2. The molecule has 8 heteroatoms. The highest BCUT2D eigenvalue weighted by Crippen LogP contribution is 2.29. The van der Waals surface area contributed by atoms with E-state index in [2.05, 4.69) is 22.7 Å². The molecule has 0 aliphatic rings. The van der Waals surface area contributed by atoms with Crippen LogP contribution in [0.4, 0.5) is 5.69 Å². The second-order valence-corrected chi connectivity index (χ2v) is 7.59. The Morgan fingerprint density at radius 2 is 1.79 bits per heavy atom. The summed E-state index contributed by atoms with van der Waals surface area (Å²) in [6.07, 6.45) is 0. The Labute approximate surface area is 194 Å². The van der Waals surface area contributed by atoms with E-state index in [0.717, 1.165) is 29.1 Å². The average molecular weight is 450 g/mol. The van der Waals surface area contributed by atoms with Crippen molar-refractivity contribution >= 4 is 17.6 Å². The van der Waals surface area contributed by atoms with E-state index in [0.29, 0.717) is 35.3 Å². The fourth-order valence-corrected chi connectivity index (χ4v) is 3.59. The molecule has 2 N–H and O–H groups in total. The molecule has 174 valence electrons. The molecule has 0 unspecified atom stereocenters. The summed E-state index contributed by atoms with van der Waals surface area (Å²) in [7, 11) is 3.16. The molecule has 33 heavy (non-hydrogen) atoms. The van der Waals surface area contributed by atoms with Gasteiger partial charge in [-0.3, -0.25) is 14.8 Å². The van der Waals surface area contributed by atoms with Crippen molar-refractivity contribution in [3.63, 3.8) is 0 Å². The molecule has 3 rings (SSSR count). The number of aryl methyl sites for hydroxylation is 3. The highest BCUT2D eigenvalue weighted by atomic mass is 16.5. The van der Waals surface area contributed by atoms with Crippen LogP contribution < -0.4 is 20.1 Å². The molecule has 3 aromatic rings. The van der Waals surface area contributed by atoms with Gasteiger partial charge >= 0.3 is 0 Å². The number of carbonyl (C=O) groups is 1. The van der Waals surface area contributed by atoms with Gasteiger partial charge in [0.1, 0.15) is 0 Å². The quantitative estimate of drug-likeness (QED) is 0.416. The van der Waals surface area contributed by atoms with E-state index in [4.69, 9.17) is 14.5 Å². The van der Waals surface area contributed by atoms with Gasteiger partial charge in [0.2, 0.25) is 5.96 Å². The molecule has 0 atom stereocenters. The molecule has 0 bridgehead atoms. The van der Waals surface area contributed by atoms with Crippen LogP contribution in [0.15, 0.2) is 47.5 Å². The van der Waals surface area contributed by atoms with Gasteiger partial charge in [0.15, 0.2) is 11.5 Å². The second kappa shape index (κ2) is 10.7. The van der Waals surface area contributed by atoms with Crippen LogP contribution in [0.5, 0.6) is 11.5 Å². The first-order valence-corrected chi connectivity index (χ1v) is 10.8. The first-order valence-electron chi connectivity index (χ1n) is 10.8. The molecule has 1 heterocycles. The van der Waals surface area contributed by atoms with Gasteiger partial charge < -0.3 is 14.8 Å². The van der Waals surface area contributed by atoms with Gasteiger partial charge in [-0.1, -0.05) is 18.2 Å². The van der Waals surface area contributed by atoms with Gasteiger partial charge in [-0.2, -0.15) is 5.10 Å². The summed E-state index contributed by atoms with van der Waals surface area (Å²) in [4.78, 5) is 17.7. The van der Waals surface area contributed by atoms with Crippen LogP contribution in [0.2, 0.25) is 0 Å². The van der Waals surface area contributed by atoms with Gasteiger partial charge in [-0.25, -0.2) is 4.99 Å². The summed E-state index contributed by atoms with van der Waals surface area (Å²) in [6.45, 7) is 9.12. The van der Waals surface area contributed by atoms with Crippen molar-refractivity contribution in [1.82, 2.24) is 15.1 Å². The molecular weight excluding hydrogens is 418 g/mol. The predicted octanol–water partition coefficient (Wildman–Crippen LogP) is 4.24. The van der Waals surface area contributed by atoms with Crippen molar-refractivity contribution in [2.24, 2.45) is 4.99 Å². The lowest BCUT2D eigenvalue weighted by Gasteiger charge is -2.15. The van der Waals surface area contributed by atoms with Crippen LogP contribution in [0, 0.1) is 20.8 Å². The monoisotopic (exact) mass is 449 g/mol. The summed E-state index contributed by atoms with van der Waals surface area (Å²) in [5, 5.41) is 10.7. The molecule has 8 nitrogen and oxygen atoms in total. The molecule has 0 radical (unpaired) electrons. The largest absolute Gasteiger partial charge is 0.493 e. The van der Waals surface area contributed by atoms with Crippen molar-refractivity contribution < 1.29 is 14.3 Å². The van der Waals surface area contributed by atoms with Crippen LogP contribution in [0.1, 0.15) is 39.8 Å². The summed E-state index contributed by atoms with van der Waals surface area (Å²) in [5.41, 5.74) is 5.20. The lowest BCUT2D eigenvalue weighted by Crippen LogP contribution is -2.36. The van der Waals surface area contributed by atoms with Crippen LogP contribution in [0.3, 0.4) is 0 Å². The van der Waals surface area contributed by atoms with E-state index in [-0.39, 0.29) is 5.91 Å². The van der Waals surface area contributed by atoms with E-state index < -0.39 is 0 Å². The van der Waals surface area contributed by atoms with E-state index in [1.54, 1.807) is 32.4 Å². The van der Waals surface area contributed by atoms with Crippen molar-refractivity contribution in [2.45, 2.75) is 40.8 Å². The fraction of sp³-hybridized carbons (Fsp3) is 0.320. The normalized spacial score (nSPS) is 11.3. The topological polar surface area (TPSA) is 89.8 Å². The number of nitrogens with zero attached hydrogens (tertiary/aromatic N) is 3. The minimum Gasteiger partial charge on any atom is -0.493 e. The number of aliphatic imine (C=N–C) groups is 1. The number of methoxy groups -OCH3 is 2.